The molecular formula is C21H17ClO4S. The number of aliphatic carboxylic acids is 1. The molecular weight excluding hydrogens is 384 g/mol. The fourth-order valence-electron chi connectivity index (χ4n) is 2.68. The second-order valence-corrected chi connectivity index (χ2v) is 7.51. The first-order valence-corrected chi connectivity index (χ1v) is 9.41. The minimum atomic E-state index is -0.938. The lowest BCUT2D eigenvalue weighted by Crippen LogP contribution is -2.07. The van der Waals surface area contributed by atoms with E-state index in [-0.39, 0.29) is 5.78 Å². The van der Waals surface area contributed by atoms with Crippen LogP contribution in [0.15, 0.2) is 54.6 Å². The Bertz CT molecular complexity index is 974. The van der Waals surface area contributed by atoms with Gasteiger partial charge in [0.15, 0.2) is 0 Å². The maximum Gasteiger partial charge on any atom is 0.310 e. The van der Waals surface area contributed by atoms with Crippen molar-refractivity contribution >= 4 is 34.7 Å². The Balaban J connectivity index is 2.05. The summed E-state index contributed by atoms with van der Waals surface area (Å²) in [5.74, 6) is -1.16. The van der Waals surface area contributed by atoms with E-state index in [4.69, 9.17) is 16.3 Å². The highest BCUT2D eigenvalue weighted by atomic mass is 35.5. The Morgan fingerprint density at radius 1 is 1.07 bits per heavy atom. The van der Waals surface area contributed by atoms with Crippen molar-refractivity contribution in [1.29, 1.82) is 0 Å². The molecule has 4 nitrogen and oxygen atoms in total. The first kappa shape index (κ1) is 19.1. The molecule has 1 atom stereocenters. The van der Waals surface area contributed by atoms with Crippen LogP contribution in [-0.4, -0.2) is 24.0 Å². The molecule has 27 heavy (non-hydrogen) atoms. The number of halogens is 1. The zero-order valence-corrected chi connectivity index (χ0v) is 16.3. The largest absolute Gasteiger partial charge is 0.497 e. The van der Waals surface area contributed by atoms with E-state index in [0.717, 1.165) is 10.4 Å². The number of carbonyl (C=O) groups is 2. The van der Waals surface area contributed by atoms with Crippen molar-refractivity contribution in [3.8, 4) is 16.2 Å². The van der Waals surface area contributed by atoms with Gasteiger partial charge in [-0.2, -0.15) is 0 Å². The molecule has 0 aliphatic heterocycles. The molecule has 0 aliphatic rings. The highest BCUT2D eigenvalue weighted by molar-refractivity contribution is 7.17. The van der Waals surface area contributed by atoms with Crippen LogP contribution in [-0.2, 0) is 4.79 Å². The maximum absolute atomic E-state index is 12.9. The van der Waals surface area contributed by atoms with E-state index >= 15 is 0 Å². The van der Waals surface area contributed by atoms with E-state index in [2.05, 4.69) is 0 Å². The summed E-state index contributed by atoms with van der Waals surface area (Å²) in [6, 6.07) is 15.7. The molecule has 3 rings (SSSR count). The third-order valence-corrected chi connectivity index (χ3v) is 5.73. The van der Waals surface area contributed by atoms with Crippen molar-refractivity contribution in [3.63, 3.8) is 0 Å². The topological polar surface area (TPSA) is 63.6 Å². The number of carbonyl (C=O) groups excluding carboxylic acids is 1. The molecule has 0 saturated carbocycles. The Morgan fingerprint density at radius 2 is 1.70 bits per heavy atom. The van der Waals surface area contributed by atoms with Crippen LogP contribution in [0.5, 0.6) is 5.75 Å². The molecule has 0 aliphatic carbocycles. The molecule has 0 fully saturated rings. The predicted octanol–water partition coefficient (Wildman–Crippen LogP) is 5.50. The van der Waals surface area contributed by atoms with Crippen LogP contribution in [0.1, 0.15) is 33.6 Å². The van der Waals surface area contributed by atoms with Gasteiger partial charge in [0.05, 0.1) is 17.9 Å². The van der Waals surface area contributed by atoms with Crippen LogP contribution in [0, 0.1) is 0 Å². The predicted molar refractivity (Wildman–Crippen MR) is 107 cm³/mol. The molecule has 1 N–H and O–H groups in total. The van der Waals surface area contributed by atoms with Crippen molar-refractivity contribution in [1.82, 2.24) is 0 Å². The number of methoxy groups -OCH3 is 1. The van der Waals surface area contributed by atoms with Crippen LogP contribution in [0.3, 0.4) is 0 Å². The molecule has 6 heteroatoms. The average molecular weight is 401 g/mol. The van der Waals surface area contributed by atoms with Crippen molar-refractivity contribution < 1.29 is 19.4 Å². The second-order valence-electron chi connectivity index (χ2n) is 6.02. The quantitative estimate of drug-likeness (QED) is 0.555. The number of ether oxygens (including phenoxy) is 1. The lowest BCUT2D eigenvalue weighted by molar-refractivity contribution is -0.138. The molecule has 3 aromatic rings. The summed E-state index contributed by atoms with van der Waals surface area (Å²) in [7, 11) is 1.56. The summed E-state index contributed by atoms with van der Waals surface area (Å²) >= 11 is 7.25. The zero-order valence-electron chi connectivity index (χ0n) is 14.7. The molecule has 0 radical (unpaired) electrons. The maximum atomic E-state index is 12.9. The Hall–Kier alpha value is -2.63. The smallest absolute Gasteiger partial charge is 0.310 e. The standard InChI is InChI=1S/C21H17ClO4S/c1-12(21(24)25)17-11-18(19(23)13-5-9-16(26-2)10-6-13)27-20(17)14-3-7-15(22)8-4-14/h3-12H,1-2H3,(H,24,25). The van der Waals surface area contributed by atoms with E-state index in [1.807, 2.05) is 12.1 Å². The van der Waals surface area contributed by atoms with Gasteiger partial charge in [0.2, 0.25) is 5.78 Å². The van der Waals surface area contributed by atoms with Gasteiger partial charge in [0, 0.05) is 15.5 Å². The van der Waals surface area contributed by atoms with Gasteiger partial charge in [0.25, 0.3) is 0 Å². The summed E-state index contributed by atoms with van der Waals surface area (Å²) in [4.78, 5) is 25.7. The molecule has 1 aromatic heterocycles. The summed E-state index contributed by atoms with van der Waals surface area (Å²) in [6.45, 7) is 1.62. The van der Waals surface area contributed by atoms with E-state index < -0.39 is 11.9 Å². The summed E-state index contributed by atoms with van der Waals surface area (Å²) in [5.41, 5.74) is 1.97. The molecule has 0 saturated heterocycles. The van der Waals surface area contributed by atoms with Gasteiger partial charge in [-0.15, -0.1) is 11.3 Å². The molecule has 0 amide bonds. The first-order valence-electron chi connectivity index (χ1n) is 8.22. The molecule has 0 bridgehead atoms. The van der Waals surface area contributed by atoms with Gasteiger partial charge >= 0.3 is 5.97 Å². The number of hydrogen-bond donors (Lipinski definition) is 1. The second kappa shape index (κ2) is 7.94. The van der Waals surface area contributed by atoms with Gasteiger partial charge in [-0.25, -0.2) is 0 Å². The van der Waals surface area contributed by atoms with Crippen LogP contribution in [0.4, 0.5) is 0 Å². The third kappa shape index (κ3) is 4.04. The minimum Gasteiger partial charge on any atom is -0.497 e. The number of hydrogen-bond acceptors (Lipinski definition) is 4. The lowest BCUT2D eigenvalue weighted by Gasteiger charge is -2.08. The Labute approximate surface area is 166 Å². The fraction of sp³-hybridized carbons (Fsp3) is 0.143. The first-order chi connectivity index (χ1) is 12.9. The molecule has 1 unspecified atom stereocenters. The number of rotatable bonds is 6. The van der Waals surface area contributed by atoms with Crippen molar-refractivity contribution in [2.75, 3.05) is 7.11 Å². The summed E-state index contributed by atoms with van der Waals surface area (Å²) in [6.07, 6.45) is 0. The monoisotopic (exact) mass is 400 g/mol. The number of thiophene rings is 1. The molecule has 1 heterocycles. The highest BCUT2D eigenvalue weighted by Crippen LogP contribution is 2.38. The molecule has 0 spiro atoms. The summed E-state index contributed by atoms with van der Waals surface area (Å²) in [5, 5.41) is 10.1. The SMILES string of the molecule is COc1ccc(C(=O)c2cc(C(C)C(=O)O)c(-c3ccc(Cl)cc3)s2)cc1. The van der Waals surface area contributed by atoms with Crippen molar-refractivity contribution in [3.05, 3.63) is 75.6 Å². The normalized spacial score (nSPS) is 11.8. The fourth-order valence-corrected chi connectivity index (χ4v) is 4.03. The summed E-state index contributed by atoms with van der Waals surface area (Å²) < 4.78 is 5.12. The van der Waals surface area contributed by atoms with E-state index in [0.29, 0.717) is 26.8 Å². The van der Waals surface area contributed by atoms with Crippen LogP contribution < -0.4 is 4.74 Å². The number of carboxylic acid groups (broad SMARTS) is 1. The van der Waals surface area contributed by atoms with E-state index in [1.165, 1.54) is 11.3 Å². The highest BCUT2D eigenvalue weighted by Gasteiger charge is 2.24. The number of carboxylic acids is 1. The van der Waals surface area contributed by atoms with Crippen molar-refractivity contribution in [2.45, 2.75) is 12.8 Å². The number of benzene rings is 2. The van der Waals surface area contributed by atoms with E-state index in [9.17, 15) is 14.7 Å². The number of ketones is 1. The Kier molecular flexibility index (Phi) is 5.63. The third-order valence-electron chi connectivity index (χ3n) is 4.28. The lowest BCUT2D eigenvalue weighted by atomic mass is 9.97. The average Bonchev–Trinajstić information content (AvgIpc) is 3.12. The molecule has 2 aromatic carbocycles. The zero-order chi connectivity index (χ0) is 19.6. The van der Waals surface area contributed by atoms with Gasteiger partial charge in [-0.1, -0.05) is 23.7 Å². The molecule has 138 valence electrons. The van der Waals surface area contributed by atoms with Gasteiger partial charge in [0.1, 0.15) is 5.75 Å². The Morgan fingerprint density at radius 3 is 2.26 bits per heavy atom. The van der Waals surface area contributed by atoms with Gasteiger partial charge in [-0.3, -0.25) is 9.59 Å². The van der Waals surface area contributed by atoms with Crippen LogP contribution in [0.2, 0.25) is 5.02 Å². The van der Waals surface area contributed by atoms with Crippen LogP contribution >= 0.6 is 22.9 Å². The van der Waals surface area contributed by atoms with Crippen molar-refractivity contribution in [2.24, 2.45) is 0 Å². The van der Waals surface area contributed by atoms with Crippen LogP contribution in [0.25, 0.3) is 10.4 Å². The van der Waals surface area contributed by atoms with Gasteiger partial charge < -0.3 is 9.84 Å². The van der Waals surface area contributed by atoms with E-state index in [1.54, 1.807) is 56.5 Å². The minimum absolute atomic E-state index is 0.151. The van der Waals surface area contributed by atoms with Gasteiger partial charge in [-0.05, 0) is 60.5 Å².